The predicted octanol–water partition coefficient (Wildman–Crippen LogP) is 3.36. The zero-order chi connectivity index (χ0) is 23.2. The number of hydrogen-bond donors (Lipinski definition) is 2. The number of halogens is 1. The van der Waals surface area contributed by atoms with Crippen molar-refractivity contribution in [2.24, 2.45) is 0 Å². The van der Waals surface area contributed by atoms with Crippen LogP contribution in [0.15, 0.2) is 66.0 Å². The van der Waals surface area contributed by atoms with Crippen molar-refractivity contribution in [2.45, 2.75) is 12.9 Å². The summed E-state index contributed by atoms with van der Waals surface area (Å²) in [7, 11) is 0. The van der Waals surface area contributed by atoms with Crippen LogP contribution in [0.5, 0.6) is 0 Å². The van der Waals surface area contributed by atoms with Crippen LogP contribution in [0.3, 0.4) is 0 Å². The third kappa shape index (κ3) is 2.96. The first-order valence-electron chi connectivity index (χ1n) is 10.5. The maximum Gasteiger partial charge on any atom is 0.266 e. The quantitative estimate of drug-likeness (QED) is 0.476. The molecule has 5 rings (SSSR count). The van der Waals surface area contributed by atoms with Crippen LogP contribution in [0.4, 0.5) is 10.2 Å². The zero-order valence-corrected chi connectivity index (χ0v) is 15.4. The zero-order valence-electron chi connectivity index (χ0n) is 18.4. The topological polar surface area (TPSA) is 101 Å². The van der Waals surface area contributed by atoms with Crippen LogP contribution in [0.1, 0.15) is 22.8 Å². The smallest absolute Gasteiger partial charge is 0.266 e. The first-order chi connectivity index (χ1) is 15.8. The minimum Gasteiger partial charge on any atom is -0.358 e. The molecule has 0 spiro atoms. The standard InChI is InChI=1S/C21H16FN7O/c1-12(27-19-17-18(24-10-23-17)25-11-26-19)20-28-16-8-7-13(22)9-15(16)21(30)29(20)14-5-3-2-4-6-14/h2-12H,1H3,(H2,23,24,25,26,27)/t12-/m0/s1/i1D3. The maximum atomic E-state index is 13.9. The molecule has 9 heteroatoms. The molecule has 0 saturated heterocycles. The number of para-hydroxylation sites is 1. The molecular weight excluding hydrogens is 385 g/mol. The lowest BCUT2D eigenvalue weighted by atomic mass is 10.2. The molecule has 0 radical (unpaired) electrons. The van der Waals surface area contributed by atoms with Gasteiger partial charge in [-0.25, -0.2) is 24.3 Å². The molecule has 30 heavy (non-hydrogen) atoms. The lowest BCUT2D eigenvalue weighted by molar-refractivity contribution is 0.629. The second-order valence-corrected chi connectivity index (χ2v) is 6.51. The van der Waals surface area contributed by atoms with E-state index in [0.29, 0.717) is 16.9 Å². The van der Waals surface area contributed by atoms with E-state index in [4.69, 9.17) is 4.11 Å². The Morgan fingerprint density at radius 1 is 1.17 bits per heavy atom. The van der Waals surface area contributed by atoms with Gasteiger partial charge in [-0.15, -0.1) is 0 Å². The Balaban J connectivity index is 1.79. The van der Waals surface area contributed by atoms with Crippen LogP contribution < -0.4 is 10.9 Å². The van der Waals surface area contributed by atoms with Crippen LogP contribution in [0.25, 0.3) is 27.8 Å². The van der Waals surface area contributed by atoms with Gasteiger partial charge >= 0.3 is 0 Å². The number of anilines is 1. The second-order valence-electron chi connectivity index (χ2n) is 6.51. The number of fused-ring (bicyclic) bond motifs is 2. The lowest BCUT2D eigenvalue weighted by Crippen LogP contribution is -2.27. The van der Waals surface area contributed by atoms with Crippen molar-refractivity contribution in [3.63, 3.8) is 0 Å². The van der Waals surface area contributed by atoms with Gasteiger partial charge in [-0.3, -0.25) is 9.36 Å². The van der Waals surface area contributed by atoms with Gasteiger partial charge in [0.25, 0.3) is 5.56 Å². The Morgan fingerprint density at radius 2 is 2.03 bits per heavy atom. The van der Waals surface area contributed by atoms with E-state index in [2.05, 4.69) is 30.2 Å². The first-order valence-corrected chi connectivity index (χ1v) is 9.01. The van der Waals surface area contributed by atoms with E-state index in [0.717, 1.165) is 6.07 Å². The fourth-order valence-electron chi connectivity index (χ4n) is 3.27. The fraction of sp³-hybridized carbons (Fsp3) is 0.0952. The Morgan fingerprint density at radius 3 is 2.87 bits per heavy atom. The summed E-state index contributed by atoms with van der Waals surface area (Å²) in [6.07, 6.45) is 2.67. The van der Waals surface area contributed by atoms with Gasteiger partial charge in [-0.05, 0) is 37.2 Å². The van der Waals surface area contributed by atoms with Gasteiger partial charge in [0.15, 0.2) is 11.5 Å². The summed E-state index contributed by atoms with van der Waals surface area (Å²) in [5.74, 6) is -0.481. The van der Waals surface area contributed by atoms with E-state index in [9.17, 15) is 9.18 Å². The Labute approximate surface area is 173 Å². The summed E-state index contributed by atoms with van der Waals surface area (Å²) in [5.41, 5.74) is 0.726. The maximum absolute atomic E-state index is 13.9. The summed E-state index contributed by atoms with van der Waals surface area (Å²) >= 11 is 0. The van der Waals surface area contributed by atoms with Crippen LogP contribution in [-0.2, 0) is 0 Å². The summed E-state index contributed by atoms with van der Waals surface area (Å²) in [6.45, 7) is -2.64. The molecule has 1 atom stereocenters. The van der Waals surface area contributed by atoms with E-state index >= 15 is 0 Å². The van der Waals surface area contributed by atoms with Crippen molar-refractivity contribution >= 4 is 27.9 Å². The molecule has 0 unspecified atom stereocenters. The van der Waals surface area contributed by atoms with E-state index in [-0.39, 0.29) is 22.5 Å². The molecule has 0 fully saturated rings. The molecule has 0 aliphatic carbocycles. The van der Waals surface area contributed by atoms with Crippen molar-refractivity contribution in [3.05, 3.63) is 83.2 Å². The molecule has 0 amide bonds. The van der Waals surface area contributed by atoms with Crippen molar-refractivity contribution in [1.82, 2.24) is 29.5 Å². The first kappa shape index (κ1) is 14.8. The Bertz CT molecular complexity index is 1530. The van der Waals surface area contributed by atoms with Gasteiger partial charge in [-0.1, -0.05) is 18.2 Å². The number of H-pyrrole nitrogens is 1. The molecule has 0 aliphatic heterocycles. The van der Waals surface area contributed by atoms with Crippen LogP contribution in [-0.4, -0.2) is 29.5 Å². The largest absolute Gasteiger partial charge is 0.358 e. The van der Waals surface area contributed by atoms with Crippen LogP contribution in [0, 0.1) is 5.82 Å². The highest BCUT2D eigenvalue weighted by Crippen LogP contribution is 2.23. The number of benzene rings is 2. The summed E-state index contributed by atoms with van der Waals surface area (Å²) in [4.78, 5) is 33.1. The molecule has 0 aliphatic rings. The van der Waals surface area contributed by atoms with E-state index in [1.807, 2.05) is 0 Å². The number of nitrogens with one attached hydrogen (secondary N) is 2. The molecular formula is C21H16FN7O. The van der Waals surface area contributed by atoms with Gasteiger partial charge < -0.3 is 10.3 Å². The summed E-state index contributed by atoms with van der Waals surface area (Å²) < 4.78 is 39.7. The van der Waals surface area contributed by atoms with E-state index in [1.54, 1.807) is 30.3 Å². The third-order valence-electron chi connectivity index (χ3n) is 4.63. The number of aromatic amines is 1. The molecule has 2 aromatic carbocycles. The SMILES string of the molecule is [2H]C([2H])([2H])[C@H](Nc1ncnc2nc[nH]c12)c1nc2ccc(F)cc2c(=O)n1-c1ccccc1. The normalized spacial score (nSPS) is 14.2. The van der Waals surface area contributed by atoms with Crippen molar-refractivity contribution in [2.75, 3.05) is 5.32 Å². The molecule has 148 valence electrons. The molecule has 5 aromatic rings. The molecule has 8 nitrogen and oxygen atoms in total. The molecule has 2 N–H and O–H groups in total. The number of rotatable bonds is 4. The van der Waals surface area contributed by atoms with Gasteiger partial charge in [0.05, 0.1) is 29.0 Å². The number of nitrogens with zero attached hydrogens (tertiary/aromatic N) is 5. The van der Waals surface area contributed by atoms with Gasteiger partial charge in [0, 0.05) is 4.11 Å². The number of imidazole rings is 1. The van der Waals surface area contributed by atoms with Crippen LogP contribution in [0.2, 0.25) is 0 Å². The average Bonchev–Trinajstić information content (AvgIpc) is 3.27. The molecule has 3 heterocycles. The van der Waals surface area contributed by atoms with Crippen LogP contribution >= 0.6 is 0 Å². The summed E-state index contributed by atoms with van der Waals surface area (Å²) in [6, 6.07) is 10.6. The highest BCUT2D eigenvalue weighted by molar-refractivity contribution is 5.82. The average molecular weight is 404 g/mol. The minimum atomic E-state index is -2.64. The van der Waals surface area contributed by atoms with E-state index < -0.39 is 24.3 Å². The predicted molar refractivity (Wildman–Crippen MR) is 111 cm³/mol. The highest BCUT2D eigenvalue weighted by atomic mass is 19.1. The van der Waals surface area contributed by atoms with Crippen molar-refractivity contribution in [3.8, 4) is 5.69 Å². The Hall–Kier alpha value is -4.14. The molecule has 0 bridgehead atoms. The lowest BCUT2D eigenvalue weighted by Gasteiger charge is -2.20. The minimum absolute atomic E-state index is 0.0323. The third-order valence-corrected chi connectivity index (χ3v) is 4.63. The molecule has 3 aromatic heterocycles. The summed E-state index contributed by atoms with van der Waals surface area (Å²) in [5, 5.41) is 2.93. The van der Waals surface area contributed by atoms with Gasteiger partial charge in [0.1, 0.15) is 23.5 Å². The Kier molecular flexibility index (Phi) is 3.47. The fourth-order valence-corrected chi connectivity index (χ4v) is 3.27. The highest BCUT2D eigenvalue weighted by Gasteiger charge is 2.20. The number of aromatic nitrogens is 6. The molecule has 0 saturated carbocycles. The van der Waals surface area contributed by atoms with E-state index in [1.165, 1.54) is 29.4 Å². The number of hydrogen-bond acceptors (Lipinski definition) is 6. The van der Waals surface area contributed by atoms with Gasteiger partial charge in [0.2, 0.25) is 0 Å². The van der Waals surface area contributed by atoms with Gasteiger partial charge in [-0.2, -0.15) is 0 Å². The monoisotopic (exact) mass is 404 g/mol. The van der Waals surface area contributed by atoms with Crippen molar-refractivity contribution < 1.29 is 8.50 Å². The second kappa shape index (κ2) is 7.03. The van der Waals surface area contributed by atoms with Crippen molar-refractivity contribution in [1.29, 1.82) is 0 Å².